The number of rotatable bonds is 7. The Balaban J connectivity index is 0. The molecule has 17 heavy (non-hydrogen) atoms. The Morgan fingerprint density at radius 3 is 2.35 bits per heavy atom. The van der Waals surface area contributed by atoms with Crippen LogP contribution in [-0.4, -0.2) is 11.1 Å². The lowest BCUT2D eigenvalue weighted by Gasteiger charge is -2.13. The molecule has 0 aliphatic heterocycles. The maximum Gasteiger partial charge on any atom is 0.330 e. The third kappa shape index (κ3) is 12.4. The van der Waals surface area contributed by atoms with Crippen molar-refractivity contribution in [2.24, 2.45) is 5.92 Å². The molecule has 96 valence electrons. The van der Waals surface area contributed by atoms with Gasteiger partial charge in [0, 0.05) is 11.6 Å². The van der Waals surface area contributed by atoms with E-state index in [4.69, 9.17) is 10.4 Å². The second kappa shape index (κ2) is 12.5. The zero-order valence-electron chi connectivity index (χ0n) is 10.9. The van der Waals surface area contributed by atoms with Crippen LogP contribution in [0, 0.1) is 17.2 Å². The molecular formula is C14H23NO2. The van der Waals surface area contributed by atoms with Crippen LogP contribution in [0.1, 0.15) is 46.0 Å². The third-order valence-electron chi connectivity index (χ3n) is 2.47. The van der Waals surface area contributed by atoms with E-state index in [1.54, 1.807) is 6.07 Å². The number of carboxylic acids is 1. The number of carboxylic acid groups (broad SMARTS) is 1. The molecule has 1 unspecified atom stereocenters. The molecule has 0 radical (unpaired) electrons. The van der Waals surface area contributed by atoms with Gasteiger partial charge in [-0.25, -0.2) is 4.79 Å². The van der Waals surface area contributed by atoms with Gasteiger partial charge >= 0.3 is 5.97 Å². The predicted molar refractivity (Wildman–Crippen MR) is 70.5 cm³/mol. The molecule has 3 nitrogen and oxygen atoms in total. The fourth-order valence-corrected chi connectivity index (χ4v) is 1.38. The first kappa shape index (κ1) is 17.8. The molecule has 1 N–H and O–H groups in total. The molecule has 0 saturated carbocycles. The molecule has 0 rings (SSSR count). The third-order valence-corrected chi connectivity index (χ3v) is 2.47. The van der Waals surface area contributed by atoms with Crippen LogP contribution < -0.4 is 0 Å². The SMILES string of the molecule is C=C(CC(CC)CCCC)C(=O)O.C=CC#N. The van der Waals surface area contributed by atoms with Crippen molar-refractivity contribution in [3.05, 3.63) is 24.8 Å². The topological polar surface area (TPSA) is 61.1 Å². The maximum absolute atomic E-state index is 10.5. The van der Waals surface area contributed by atoms with Crippen LogP contribution in [0.25, 0.3) is 0 Å². The Bertz CT molecular complexity index is 276. The largest absolute Gasteiger partial charge is 0.478 e. The van der Waals surface area contributed by atoms with Crippen LogP contribution in [0.3, 0.4) is 0 Å². The number of hydrogen-bond acceptors (Lipinski definition) is 2. The Hall–Kier alpha value is -1.56. The number of allylic oxidation sites excluding steroid dienone is 1. The van der Waals surface area contributed by atoms with Crippen LogP contribution in [0.4, 0.5) is 0 Å². The minimum Gasteiger partial charge on any atom is -0.478 e. The summed E-state index contributed by atoms with van der Waals surface area (Å²) >= 11 is 0. The molecular weight excluding hydrogens is 214 g/mol. The van der Waals surface area contributed by atoms with E-state index >= 15 is 0 Å². The molecule has 0 saturated heterocycles. The zero-order valence-corrected chi connectivity index (χ0v) is 10.9. The number of carbonyl (C=O) groups is 1. The van der Waals surface area contributed by atoms with E-state index in [1.165, 1.54) is 18.9 Å². The molecule has 0 aliphatic rings. The van der Waals surface area contributed by atoms with Gasteiger partial charge in [0.05, 0.1) is 6.07 Å². The highest BCUT2D eigenvalue weighted by Gasteiger charge is 2.11. The van der Waals surface area contributed by atoms with E-state index in [-0.39, 0.29) is 0 Å². The summed E-state index contributed by atoms with van der Waals surface area (Å²) in [7, 11) is 0. The van der Waals surface area contributed by atoms with Crippen molar-refractivity contribution in [2.75, 3.05) is 0 Å². The second-order valence-corrected chi connectivity index (χ2v) is 3.86. The molecule has 0 fully saturated rings. The first-order valence-electron chi connectivity index (χ1n) is 5.94. The highest BCUT2D eigenvalue weighted by atomic mass is 16.4. The molecule has 0 aromatic carbocycles. The van der Waals surface area contributed by atoms with Crippen molar-refractivity contribution >= 4 is 5.97 Å². The van der Waals surface area contributed by atoms with Crippen LogP contribution in [0.15, 0.2) is 24.8 Å². The van der Waals surface area contributed by atoms with E-state index in [2.05, 4.69) is 27.0 Å². The van der Waals surface area contributed by atoms with Gasteiger partial charge in [-0.1, -0.05) is 52.7 Å². The second-order valence-electron chi connectivity index (χ2n) is 3.86. The maximum atomic E-state index is 10.5. The van der Waals surface area contributed by atoms with Gasteiger partial charge in [0.25, 0.3) is 0 Å². The summed E-state index contributed by atoms with van der Waals surface area (Å²) in [5.74, 6) is -0.349. The van der Waals surface area contributed by atoms with Gasteiger partial charge in [0.1, 0.15) is 0 Å². The normalized spacial score (nSPS) is 10.4. The zero-order chi connectivity index (χ0) is 13.7. The van der Waals surface area contributed by atoms with Crippen molar-refractivity contribution in [1.29, 1.82) is 5.26 Å². The summed E-state index contributed by atoms with van der Waals surface area (Å²) in [6, 6.07) is 1.69. The monoisotopic (exact) mass is 237 g/mol. The van der Waals surface area contributed by atoms with Crippen LogP contribution in [0.5, 0.6) is 0 Å². The summed E-state index contributed by atoms with van der Waals surface area (Å²) in [5, 5.41) is 16.2. The van der Waals surface area contributed by atoms with Crippen molar-refractivity contribution in [3.63, 3.8) is 0 Å². The Morgan fingerprint density at radius 1 is 1.53 bits per heavy atom. The van der Waals surface area contributed by atoms with E-state index in [1.807, 2.05) is 0 Å². The lowest BCUT2D eigenvalue weighted by atomic mass is 9.92. The van der Waals surface area contributed by atoms with Crippen molar-refractivity contribution in [3.8, 4) is 6.07 Å². The van der Waals surface area contributed by atoms with Crippen molar-refractivity contribution in [1.82, 2.24) is 0 Å². The molecule has 0 aliphatic carbocycles. The van der Waals surface area contributed by atoms with Gasteiger partial charge in [-0.05, 0) is 12.3 Å². The van der Waals surface area contributed by atoms with E-state index < -0.39 is 5.97 Å². The molecule has 3 heteroatoms. The van der Waals surface area contributed by atoms with Gasteiger partial charge < -0.3 is 5.11 Å². The molecule has 0 aromatic heterocycles. The molecule has 0 bridgehead atoms. The minimum atomic E-state index is -0.852. The molecule has 0 amide bonds. The molecule has 0 spiro atoms. The Morgan fingerprint density at radius 2 is 2.06 bits per heavy atom. The van der Waals surface area contributed by atoms with Gasteiger partial charge in [-0.3, -0.25) is 0 Å². The first-order chi connectivity index (χ1) is 8.03. The van der Waals surface area contributed by atoms with Crippen LogP contribution in [0.2, 0.25) is 0 Å². The summed E-state index contributed by atoms with van der Waals surface area (Å²) < 4.78 is 0. The minimum absolute atomic E-state index is 0.350. The van der Waals surface area contributed by atoms with Crippen molar-refractivity contribution in [2.45, 2.75) is 46.0 Å². The van der Waals surface area contributed by atoms with Gasteiger partial charge in [0.2, 0.25) is 0 Å². The van der Waals surface area contributed by atoms with E-state index in [0.717, 1.165) is 12.8 Å². The fraction of sp³-hybridized carbons (Fsp3) is 0.571. The Kier molecular flexibility index (Phi) is 13.1. The molecule has 0 heterocycles. The van der Waals surface area contributed by atoms with Crippen LogP contribution >= 0.6 is 0 Å². The molecule has 0 aromatic rings. The summed E-state index contributed by atoms with van der Waals surface area (Å²) in [5.41, 5.74) is 0.350. The smallest absolute Gasteiger partial charge is 0.330 e. The molecule has 1 atom stereocenters. The number of nitrogens with zero attached hydrogens (tertiary/aromatic N) is 1. The summed E-state index contributed by atoms with van der Waals surface area (Å²) in [6.07, 6.45) is 6.36. The van der Waals surface area contributed by atoms with Gasteiger partial charge in [-0.15, -0.1) is 0 Å². The predicted octanol–water partition coefficient (Wildman–Crippen LogP) is 3.93. The summed E-state index contributed by atoms with van der Waals surface area (Å²) in [4.78, 5) is 10.5. The number of nitriles is 1. The number of aliphatic carboxylic acids is 1. The Labute approximate surface area is 104 Å². The lowest BCUT2D eigenvalue weighted by molar-refractivity contribution is -0.132. The fourth-order valence-electron chi connectivity index (χ4n) is 1.38. The highest BCUT2D eigenvalue weighted by molar-refractivity contribution is 5.85. The van der Waals surface area contributed by atoms with Gasteiger partial charge in [-0.2, -0.15) is 5.26 Å². The standard InChI is InChI=1S/C11H20O2.C3H3N/c1-4-6-7-10(5-2)8-9(3)11(12)13;1-2-3-4/h10H,3-8H2,1-2H3,(H,12,13);2H,1H2. The lowest BCUT2D eigenvalue weighted by Crippen LogP contribution is -2.06. The van der Waals surface area contributed by atoms with Crippen LogP contribution in [-0.2, 0) is 4.79 Å². The highest BCUT2D eigenvalue weighted by Crippen LogP contribution is 2.20. The number of hydrogen-bond donors (Lipinski definition) is 1. The number of unbranched alkanes of at least 4 members (excludes halogenated alkanes) is 1. The quantitative estimate of drug-likeness (QED) is 0.539. The van der Waals surface area contributed by atoms with Gasteiger partial charge in [0.15, 0.2) is 0 Å². The average Bonchev–Trinajstić information content (AvgIpc) is 2.34. The van der Waals surface area contributed by atoms with Crippen molar-refractivity contribution < 1.29 is 9.90 Å². The average molecular weight is 237 g/mol. The van der Waals surface area contributed by atoms with E-state index in [0.29, 0.717) is 17.9 Å². The first-order valence-corrected chi connectivity index (χ1v) is 5.94. The van der Waals surface area contributed by atoms with E-state index in [9.17, 15) is 4.79 Å². The summed E-state index contributed by atoms with van der Waals surface area (Å²) in [6.45, 7) is 10.9.